The summed E-state index contributed by atoms with van der Waals surface area (Å²) in [6.45, 7) is 7.05. The molecule has 3 aliphatic rings. The lowest BCUT2D eigenvalue weighted by molar-refractivity contribution is -0.119. The van der Waals surface area contributed by atoms with Crippen LogP contribution in [0.25, 0.3) is 11.4 Å². The Morgan fingerprint density at radius 2 is 1.93 bits per heavy atom. The molecule has 0 aliphatic carbocycles. The van der Waals surface area contributed by atoms with Crippen LogP contribution in [-0.2, 0) is 9.53 Å². The number of nitriles is 1. The third-order valence-electron chi connectivity index (χ3n) is 7.82. The van der Waals surface area contributed by atoms with Crippen molar-refractivity contribution in [2.24, 2.45) is 5.92 Å². The second-order valence-electron chi connectivity index (χ2n) is 10.5. The molecule has 1 atom stereocenters. The number of aromatic nitrogens is 2. The molecule has 40 heavy (non-hydrogen) atoms. The molecular formula is C30H33N7O3. The highest BCUT2D eigenvalue weighted by atomic mass is 16.5. The topological polar surface area (TPSA) is 116 Å². The zero-order valence-corrected chi connectivity index (χ0v) is 22.4. The molecule has 0 bridgehead atoms. The lowest BCUT2D eigenvalue weighted by atomic mass is 10.1. The van der Waals surface area contributed by atoms with E-state index in [1.165, 1.54) is 5.69 Å². The van der Waals surface area contributed by atoms with Crippen LogP contribution in [0.3, 0.4) is 0 Å². The quantitative estimate of drug-likeness (QED) is 0.423. The summed E-state index contributed by atoms with van der Waals surface area (Å²) in [4.78, 5) is 25.4. The Bertz CT molecular complexity index is 1380. The predicted molar refractivity (Wildman–Crippen MR) is 152 cm³/mol. The fourth-order valence-electron chi connectivity index (χ4n) is 5.34. The minimum Gasteiger partial charge on any atom is -0.492 e. The molecule has 0 radical (unpaired) electrons. The average Bonchev–Trinajstić information content (AvgIpc) is 3.38. The Morgan fingerprint density at radius 1 is 1.10 bits per heavy atom. The van der Waals surface area contributed by atoms with Gasteiger partial charge >= 0.3 is 0 Å². The smallest absolute Gasteiger partial charge is 0.220 e. The van der Waals surface area contributed by atoms with Gasteiger partial charge in [-0.25, -0.2) is 9.97 Å². The monoisotopic (exact) mass is 539 g/mol. The number of anilines is 3. The predicted octanol–water partition coefficient (Wildman–Crippen LogP) is 3.18. The summed E-state index contributed by atoms with van der Waals surface area (Å²) in [5, 5.41) is 15.9. The van der Waals surface area contributed by atoms with E-state index in [0.29, 0.717) is 48.6 Å². The summed E-state index contributed by atoms with van der Waals surface area (Å²) < 4.78 is 11.2. The van der Waals surface area contributed by atoms with Crippen LogP contribution in [0.15, 0.2) is 54.7 Å². The van der Waals surface area contributed by atoms with Gasteiger partial charge in [-0.2, -0.15) is 5.26 Å². The van der Waals surface area contributed by atoms with E-state index in [1.807, 2.05) is 12.1 Å². The van der Waals surface area contributed by atoms with E-state index in [9.17, 15) is 10.1 Å². The van der Waals surface area contributed by atoms with Gasteiger partial charge in [0.05, 0.1) is 31.4 Å². The Morgan fingerprint density at radius 3 is 2.62 bits per heavy atom. The molecular weight excluding hydrogens is 506 g/mol. The van der Waals surface area contributed by atoms with Crippen LogP contribution in [0.4, 0.5) is 17.2 Å². The van der Waals surface area contributed by atoms with E-state index >= 15 is 0 Å². The molecule has 206 valence electrons. The van der Waals surface area contributed by atoms with Gasteiger partial charge in [0.25, 0.3) is 0 Å². The number of amides is 1. The van der Waals surface area contributed by atoms with Gasteiger partial charge in [0.2, 0.25) is 5.91 Å². The first-order chi connectivity index (χ1) is 19.6. The number of carbonyl (C=O) groups excluding carboxylic acids is 1. The maximum absolute atomic E-state index is 11.4. The molecule has 3 fully saturated rings. The zero-order chi connectivity index (χ0) is 27.3. The zero-order valence-electron chi connectivity index (χ0n) is 22.4. The number of hydrogen-bond acceptors (Lipinski definition) is 9. The van der Waals surface area contributed by atoms with Crippen LogP contribution in [0.1, 0.15) is 18.4 Å². The molecule has 1 amide bonds. The number of piperazine rings is 1. The van der Waals surface area contributed by atoms with Crippen molar-refractivity contribution in [3.05, 3.63) is 60.3 Å². The van der Waals surface area contributed by atoms with Crippen LogP contribution in [-0.4, -0.2) is 79.4 Å². The van der Waals surface area contributed by atoms with Crippen LogP contribution in [0, 0.1) is 17.2 Å². The molecule has 10 nitrogen and oxygen atoms in total. The normalized spacial score (nSPS) is 19.5. The van der Waals surface area contributed by atoms with E-state index in [4.69, 9.17) is 9.47 Å². The molecule has 3 aliphatic heterocycles. The molecule has 0 spiro atoms. The Labute approximate surface area is 233 Å². The van der Waals surface area contributed by atoms with Crippen molar-refractivity contribution in [3.8, 4) is 23.2 Å². The van der Waals surface area contributed by atoms with Crippen molar-refractivity contribution in [1.82, 2.24) is 20.2 Å². The van der Waals surface area contributed by atoms with Gasteiger partial charge in [-0.15, -0.1) is 0 Å². The number of benzene rings is 2. The first kappa shape index (κ1) is 26.0. The van der Waals surface area contributed by atoms with Gasteiger partial charge in [0.15, 0.2) is 5.82 Å². The van der Waals surface area contributed by atoms with E-state index in [1.54, 1.807) is 18.3 Å². The number of nitrogens with zero attached hydrogens (tertiary/aromatic N) is 5. The highest BCUT2D eigenvalue weighted by molar-refractivity contribution is 5.78. The maximum atomic E-state index is 11.4. The SMILES string of the molecule is N#Cc1cc(-c2nccc(Nc3ccc(N4CCN(C5COC5)CC4)cc3)n2)ccc1OCCC1CNC(=O)C1. The number of hydrogen-bond donors (Lipinski definition) is 2. The van der Waals surface area contributed by atoms with Crippen molar-refractivity contribution < 1.29 is 14.3 Å². The standard InChI is InChI=1S/C30H33N7O3/c31-17-23-16-22(1-6-27(23)40-14-8-21-15-29(38)33-18-21)30-32-9-7-28(35-30)34-24-2-4-25(5-3-24)36-10-12-37(13-11-36)26-19-39-20-26/h1-7,9,16,21,26H,8,10-15,18-20H2,(H,33,38)(H,32,34,35). The first-order valence-corrected chi connectivity index (χ1v) is 13.9. The lowest BCUT2D eigenvalue weighted by Crippen LogP contribution is -2.56. The highest BCUT2D eigenvalue weighted by Gasteiger charge is 2.29. The van der Waals surface area contributed by atoms with Gasteiger partial charge in [-0.3, -0.25) is 9.69 Å². The van der Waals surface area contributed by atoms with E-state index in [0.717, 1.165) is 57.1 Å². The second-order valence-corrected chi connectivity index (χ2v) is 10.5. The average molecular weight is 540 g/mol. The third-order valence-corrected chi connectivity index (χ3v) is 7.82. The molecule has 3 saturated heterocycles. The van der Waals surface area contributed by atoms with E-state index in [-0.39, 0.29) is 11.8 Å². The maximum Gasteiger partial charge on any atom is 0.220 e. The summed E-state index contributed by atoms with van der Waals surface area (Å²) >= 11 is 0. The molecule has 0 saturated carbocycles. The number of nitrogens with one attached hydrogen (secondary N) is 2. The summed E-state index contributed by atoms with van der Waals surface area (Å²) in [5.74, 6) is 2.09. The molecule has 4 heterocycles. The Hall–Kier alpha value is -4.20. The van der Waals surface area contributed by atoms with Crippen molar-refractivity contribution >= 4 is 23.1 Å². The summed E-state index contributed by atoms with van der Waals surface area (Å²) in [6, 6.07) is 18.5. The first-order valence-electron chi connectivity index (χ1n) is 13.9. The Balaban J connectivity index is 1.06. The highest BCUT2D eigenvalue weighted by Crippen LogP contribution is 2.27. The van der Waals surface area contributed by atoms with Crippen molar-refractivity contribution in [2.75, 3.05) is 62.8 Å². The summed E-state index contributed by atoms with van der Waals surface area (Å²) in [6.07, 6.45) is 3.00. The number of ether oxygens (including phenoxy) is 2. The minimum atomic E-state index is 0.0882. The largest absolute Gasteiger partial charge is 0.492 e. The van der Waals surface area contributed by atoms with Crippen molar-refractivity contribution in [2.45, 2.75) is 18.9 Å². The molecule has 2 aromatic carbocycles. The van der Waals surface area contributed by atoms with Gasteiger partial charge in [0.1, 0.15) is 17.6 Å². The number of carbonyl (C=O) groups is 1. The Kier molecular flexibility index (Phi) is 7.75. The van der Waals surface area contributed by atoms with Gasteiger partial charge in [-0.05, 0) is 60.9 Å². The van der Waals surface area contributed by atoms with E-state index in [2.05, 4.69) is 60.7 Å². The van der Waals surface area contributed by atoms with Gasteiger partial charge < -0.3 is 25.0 Å². The van der Waals surface area contributed by atoms with Crippen molar-refractivity contribution in [1.29, 1.82) is 5.26 Å². The van der Waals surface area contributed by atoms with Crippen LogP contribution >= 0.6 is 0 Å². The summed E-state index contributed by atoms with van der Waals surface area (Å²) in [7, 11) is 0. The van der Waals surface area contributed by atoms with Crippen molar-refractivity contribution in [3.63, 3.8) is 0 Å². The van der Waals surface area contributed by atoms with Crippen LogP contribution in [0.2, 0.25) is 0 Å². The molecule has 1 unspecified atom stereocenters. The summed E-state index contributed by atoms with van der Waals surface area (Å²) in [5.41, 5.74) is 3.33. The molecule has 6 rings (SSSR count). The third kappa shape index (κ3) is 6.01. The molecule has 1 aromatic heterocycles. The molecule has 10 heteroatoms. The van der Waals surface area contributed by atoms with Gasteiger partial charge in [0, 0.05) is 62.3 Å². The van der Waals surface area contributed by atoms with Crippen LogP contribution in [0.5, 0.6) is 5.75 Å². The van der Waals surface area contributed by atoms with E-state index < -0.39 is 0 Å². The lowest BCUT2D eigenvalue weighted by Gasteiger charge is -2.43. The fourth-order valence-corrected chi connectivity index (χ4v) is 5.34. The second kappa shape index (κ2) is 11.9. The molecule has 2 N–H and O–H groups in total. The molecule has 3 aromatic rings. The van der Waals surface area contributed by atoms with Crippen LogP contribution < -0.4 is 20.3 Å². The van der Waals surface area contributed by atoms with Gasteiger partial charge in [-0.1, -0.05) is 0 Å². The minimum absolute atomic E-state index is 0.0882. The fraction of sp³-hybridized carbons (Fsp3) is 0.400. The number of rotatable bonds is 9.